The third kappa shape index (κ3) is 60.7. The summed E-state index contributed by atoms with van der Waals surface area (Å²) in [6.07, 6.45) is 75.3. The summed E-state index contributed by atoms with van der Waals surface area (Å²) in [5.41, 5.74) is 0. The van der Waals surface area contributed by atoms with E-state index in [4.69, 9.17) is 18.5 Å². The summed E-state index contributed by atoms with van der Waals surface area (Å²) in [5, 5.41) is 0. The van der Waals surface area contributed by atoms with Gasteiger partial charge in [-0.05, 0) is 83.5 Å². The van der Waals surface area contributed by atoms with Gasteiger partial charge >= 0.3 is 11.9 Å². The van der Waals surface area contributed by atoms with E-state index in [0.717, 1.165) is 70.6 Å². The molecule has 2 atom stereocenters. The van der Waals surface area contributed by atoms with Crippen molar-refractivity contribution in [3.05, 3.63) is 72.9 Å². The fraction of sp³-hybridized carbons (Fsp3) is 0.788. The average molecular weight is 1090 g/mol. The van der Waals surface area contributed by atoms with Crippen LogP contribution in [-0.2, 0) is 32.7 Å². The van der Waals surface area contributed by atoms with Gasteiger partial charge in [0.2, 0.25) is 0 Å². The van der Waals surface area contributed by atoms with E-state index >= 15 is 0 Å². The molecule has 10 heteroatoms. The van der Waals surface area contributed by atoms with Crippen molar-refractivity contribution < 1.29 is 42.1 Å². The van der Waals surface area contributed by atoms with Crippen LogP contribution in [-0.4, -0.2) is 70.0 Å². The molecular weight excluding hydrogens is 966 g/mol. The first kappa shape index (κ1) is 73.5. The molecule has 0 fully saturated rings. The second kappa shape index (κ2) is 57.1. The molecule has 0 aromatic heterocycles. The number of hydrogen-bond donors (Lipinski definition) is 0. The van der Waals surface area contributed by atoms with Gasteiger partial charge in [0, 0.05) is 12.8 Å². The Labute approximate surface area is 469 Å². The number of ether oxygens (including phenoxy) is 2. The van der Waals surface area contributed by atoms with Gasteiger partial charge in [-0.25, -0.2) is 0 Å². The molecule has 76 heavy (non-hydrogen) atoms. The molecule has 0 N–H and O–H groups in total. The molecule has 0 heterocycles. The van der Waals surface area contributed by atoms with Gasteiger partial charge in [-0.15, -0.1) is 0 Å². The summed E-state index contributed by atoms with van der Waals surface area (Å²) >= 11 is 0. The molecule has 0 aromatic carbocycles. The third-order valence-corrected chi connectivity index (χ3v) is 14.7. The maximum atomic E-state index is 12.8. The van der Waals surface area contributed by atoms with Crippen LogP contribution in [0.4, 0.5) is 0 Å². The Hall–Kier alpha value is -2.55. The van der Waals surface area contributed by atoms with Crippen LogP contribution in [0.2, 0.25) is 0 Å². The van der Waals surface area contributed by atoms with Crippen LogP contribution in [0.25, 0.3) is 0 Å². The highest BCUT2D eigenvalue weighted by Gasteiger charge is 2.22. The topological polar surface area (TPSA) is 111 Å². The van der Waals surface area contributed by atoms with E-state index in [1.807, 2.05) is 21.1 Å². The van der Waals surface area contributed by atoms with Crippen LogP contribution in [0.15, 0.2) is 72.9 Å². The minimum atomic E-state index is -4.64. The monoisotopic (exact) mass is 1090 g/mol. The molecule has 0 radical (unpaired) electrons. The number of quaternary nitrogens is 1. The molecule has 9 nitrogen and oxygen atoms in total. The summed E-state index contributed by atoms with van der Waals surface area (Å²) in [6, 6.07) is 0. The van der Waals surface area contributed by atoms with Gasteiger partial charge in [0.1, 0.15) is 19.8 Å². The minimum Gasteiger partial charge on any atom is -0.756 e. The molecule has 0 bridgehead atoms. The van der Waals surface area contributed by atoms with Crippen LogP contribution in [0.1, 0.15) is 284 Å². The maximum absolute atomic E-state index is 12.8. The Morgan fingerprint density at radius 2 is 0.750 bits per heavy atom. The second-order valence-corrected chi connectivity index (χ2v) is 23.8. The molecule has 0 saturated heterocycles. The van der Waals surface area contributed by atoms with Crippen LogP contribution in [0.5, 0.6) is 0 Å². The Bertz CT molecular complexity index is 1510. The van der Waals surface area contributed by atoms with Gasteiger partial charge in [0.25, 0.3) is 7.82 Å². The Balaban J connectivity index is 4.05. The summed E-state index contributed by atoms with van der Waals surface area (Å²) in [6.45, 7) is 4.15. The smallest absolute Gasteiger partial charge is 0.306 e. The van der Waals surface area contributed by atoms with E-state index in [1.165, 1.54) is 180 Å². The van der Waals surface area contributed by atoms with Crippen LogP contribution in [0, 0.1) is 0 Å². The van der Waals surface area contributed by atoms with Crippen LogP contribution in [0.3, 0.4) is 0 Å². The summed E-state index contributed by atoms with van der Waals surface area (Å²) in [5.74, 6) is -0.826. The Morgan fingerprint density at radius 1 is 0.421 bits per heavy atom. The number of likely N-dealkylation sites (N-methyl/N-ethyl adjacent to an activating group) is 1. The van der Waals surface area contributed by atoms with Crippen molar-refractivity contribution >= 4 is 19.8 Å². The van der Waals surface area contributed by atoms with Crippen molar-refractivity contribution in [2.24, 2.45) is 0 Å². The van der Waals surface area contributed by atoms with E-state index in [-0.39, 0.29) is 32.0 Å². The van der Waals surface area contributed by atoms with Crippen molar-refractivity contribution in [3.8, 4) is 0 Å². The fourth-order valence-electron chi connectivity index (χ4n) is 8.86. The normalized spacial score (nSPS) is 13.7. The first-order valence-electron chi connectivity index (χ1n) is 31.6. The number of hydrogen-bond acceptors (Lipinski definition) is 8. The lowest BCUT2D eigenvalue weighted by Gasteiger charge is -2.28. The van der Waals surface area contributed by atoms with Crippen molar-refractivity contribution in [2.75, 3.05) is 47.5 Å². The molecule has 0 aliphatic carbocycles. The van der Waals surface area contributed by atoms with E-state index in [2.05, 4.69) is 86.8 Å². The van der Waals surface area contributed by atoms with Gasteiger partial charge in [0.15, 0.2) is 6.10 Å². The minimum absolute atomic E-state index is 0.0315. The average Bonchev–Trinajstić information content (AvgIpc) is 3.38. The molecule has 0 aromatic rings. The number of phosphoric acid groups is 1. The summed E-state index contributed by atoms with van der Waals surface area (Å²) < 4.78 is 34.2. The zero-order chi connectivity index (χ0) is 55.6. The van der Waals surface area contributed by atoms with E-state index < -0.39 is 26.5 Å². The van der Waals surface area contributed by atoms with Gasteiger partial charge < -0.3 is 27.9 Å². The molecule has 0 saturated carbocycles. The molecule has 0 aliphatic rings. The van der Waals surface area contributed by atoms with Crippen molar-refractivity contribution in [2.45, 2.75) is 290 Å². The highest BCUT2D eigenvalue weighted by Crippen LogP contribution is 2.38. The van der Waals surface area contributed by atoms with Gasteiger partial charge in [-0.3, -0.25) is 14.2 Å². The number of unbranched alkanes of at least 4 members (excludes halogenated alkanes) is 32. The van der Waals surface area contributed by atoms with Crippen molar-refractivity contribution in [1.82, 2.24) is 0 Å². The zero-order valence-electron chi connectivity index (χ0n) is 50.2. The van der Waals surface area contributed by atoms with Gasteiger partial charge in [0.05, 0.1) is 27.7 Å². The molecule has 2 unspecified atom stereocenters. The molecular formula is C66H120NO8P. The van der Waals surface area contributed by atoms with Crippen LogP contribution < -0.4 is 4.89 Å². The molecule has 0 spiro atoms. The number of phosphoric ester groups is 1. The highest BCUT2D eigenvalue weighted by molar-refractivity contribution is 7.45. The number of carbonyl (C=O) groups excluding carboxylic acids is 2. The second-order valence-electron chi connectivity index (χ2n) is 22.4. The zero-order valence-corrected chi connectivity index (χ0v) is 51.1. The highest BCUT2D eigenvalue weighted by atomic mass is 31.2. The summed E-state index contributed by atoms with van der Waals surface area (Å²) in [7, 11) is 1.17. The lowest BCUT2D eigenvalue weighted by atomic mass is 10.0. The molecule has 0 amide bonds. The predicted molar refractivity (Wildman–Crippen MR) is 323 cm³/mol. The quantitative estimate of drug-likeness (QED) is 0.0195. The fourth-order valence-corrected chi connectivity index (χ4v) is 9.58. The van der Waals surface area contributed by atoms with Gasteiger partial charge in [-0.2, -0.15) is 0 Å². The number of allylic oxidation sites excluding steroid dienone is 12. The molecule has 442 valence electrons. The predicted octanol–water partition coefficient (Wildman–Crippen LogP) is 19.4. The molecule has 0 aliphatic heterocycles. The first-order chi connectivity index (χ1) is 37.0. The Morgan fingerprint density at radius 3 is 1.13 bits per heavy atom. The number of carbonyl (C=O) groups is 2. The number of esters is 2. The van der Waals surface area contributed by atoms with Crippen molar-refractivity contribution in [3.63, 3.8) is 0 Å². The Kier molecular flexibility index (Phi) is 55.2. The standard InChI is InChI=1S/C66H120NO8P/c1-6-8-10-12-14-16-18-20-22-24-26-27-28-29-30-31-32-33-34-35-36-37-38-39-41-43-45-47-49-51-53-55-57-59-66(69)75-64(63-74-76(70,71)73-61-60-67(3,4)5)62-72-65(68)58-56-54-52-50-48-46-44-42-40-25-23-21-19-17-15-13-11-9-7-2/h8,10,14,16,20-23,26-27,29-30,64H,6-7,9,11-13,15,17-19,24-25,28,31-63H2,1-5H3/b10-8-,16-14-,22-20-,23-21-,27-26-,30-29-. The molecule has 0 rings (SSSR count). The summed E-state index contributed by atoms with van der Waals surface area (Å²) in [4.78, 5) is 37.9. The van der Waals surface area contributed by atoms with E-state index in [0.29, 0.717) is 17.4 Å². The van der Waals surface area contributed by atoms with E-state index in [1.54, 1.807) is 0 Å². The van der Waals surface area contributed by atoms with E-state index in [9.17, 15) is 19.0 Å². The third-order valence-electron chi connectivity index (χ3n) is 13.7. The largest absolute Gasteiger partial charge is 0.756 e. The SMILES string of the molecule is CC/C=C\C/C=C\C/C=C\C/C=C\C/C=C\CCCCCCCCCCCCCCCCCCCC(=O)OC(COC(=O)CCCCCCCCCCC/C=C\CCCCCCCC)COP(=O)([O-])OCC[N+](C)(C)C. The van der Waals surface area contributed by atoms with Crippen LogP contribution >= 0.6 is 7.82 Å². The lowest BCUT2D eigenvalue weighted by molar-refractivity contribution is -0.870. The van der Waals surface area contributed by atoms with Gasteiger partial charge in [-0.1, -0.05) is 260 Å². The van der Waals surface area contributed by atoms with Crippen molar-refractivity contribution in [1.29, 1.82) is 0 Å². The maximum Gasteiger partial charge on any atom is 0.306 e. The number of rotatable bonds is 58. The number of nitrogens with zero attached hydrogens (tertiary/aromatic N) is 1. The lowest BCUT2D eigenvalue weighted by Crippen LogP contribution is -2.37. The first-order valence-corrected chi connectivity index (χ1v) is 33.1.